The van der Waals surface area contributed by atoms with Crippen LogP contribution < -0.4 is 0 Å². The van der Waals surface area contributed by atoms with Crippen molar-refractivity contribution in [3.8, 4) is 0 Å². The van der Waals surface area contributed by atoms with E-state index in [0.29, 0.717) is 38.4 Å². The molecule has 1 N–H and O–H groups in total. The second-order valence-corrected chi connectivity index (χ2v) is 8.10. The fourth-order valence-corrected chi connectivity index (χ4v) is 4.14. The van der Waals surface area contributed by atoms with Crippen LogP contribution in [0, 0.1) is 12.8 Å². The lowest BCUT2D eigenvalue weighted by atomic mass is 9.89. The number of carboxylic acids is 1. The van der Waals surface area contributed by atoms with Crippen molar-refractivity contribution in [1.29, 1.82) is 0 Å². The molecule has 33 heavy (non-hydrogen) atoms. The molecule has 0 aromatic carbocycles. The molecule has 12 heteroatoms. The minimum absolute atomic E-state index is 0.0242. The van der Waals surface area contributed by atoms with Gasteiger partial charge in [-0.1, -0.05) is 6.07 Å². The number of alkyl halides is 3. The second-order valence-electron chi connectivity index (χ2n) is 8.10. The third-order valence-corrected chi connectivity index (χ3v) is 5.72. The van der Waals surface area contributed by atoms with Crippen LogP contribution in [0.25, 0.3) is 0 Å². The first-order valence-electron chi connectivity index (χ1n) is 10.7. The SMILES string of the molecule is Cc1cccc(C(=O)N2C[C@@H](C(=O)N3CCCCO3)C[C@H]3OCC[C@H]32)n1.O=C(O)C(F)(F)F. The Kier molecular flexibility index (Phi) is 7.90. The number of ether oxygens (including phenoxy) is 1. The van der Waals surface area contributed by atoms with Gasteiger partial charge < -0.3 is 14.7 Å². The maximum Gasteiger partial charge on any atom is 0.490 e. The predicted octanol–water partition coefficient (Wildman–Crippen LogP) is 2.20. The highest BCUT2D eigenvalue weighted by Gasteiger charge is 2.45. The maximum atomic E-state index is 13.1. The molecule has 0 aliphatic carbocycles. The molecule has 4 heterocycles. The van der Waals surface area contributed by atoms with Crippen LogP contribution >= 0.6 is 0 Å². The van der Waals surface area contributed by atoms with E-state index in [1.807, 2.05) is 19.1 Å². The summed E-state index contributed by atoms with van der Waals surface area (Å²) in [5.74, 6) is -3.20. The minimum atomic E-state index is -5.08. The highest BCUT2D eigenvalue weighted by atomic mass is 19.4. The Morgan fingerprint density at radius 3 is 2.52 bits per heavy atom. The lowest BCUT2D eigenvalue weighted by Gasteiger charge is -2.41. The number of carboxylic acid groups (broad SMARTS) is 1. The van der Waals surface area contributed by atoms with Crippen molar-refractivity contribution >= 4 is 17.8 Å². The van der Waals surface area contributed by atoms with E-state index < -0.39 is 12.1 Å². The van der Waals surface area contributed by atoms with E-state index in [2.05, 4.69) is 4.98 Å². The van der Waals surface area contributed by atoms with Crippen LogP contribution in [-0.2, 0) is 19.2 Å². The molecular weight excluding hydrogens is 447 g/mol. The van der Waals surface area contributed by atoms with Crippen molar-refractivity contribution in [2.45, 2.75) is 50.9 Å². The number of aliphatic carboxylic acids is 1. The molecule has 0 bridgehead atoms. The molecule has 1 aromatic heterocycles. The molecule has 3 atom stereocenters. The van der Waals surface area contributed by atoms with Crippen molar-refractivity contribution in [2.75, 3.05) is 26.3 Å². The van der Waals surface area contributed by atoms with Crippen LogP contribution in [0.5, 0.6) is 0 Å². The summed E-state index contributed by atoms with van der Waals surface area (Å²) >= 11 is 0. The Balaban J connectivity index is 0.000000383. The zero-order chi connectivity index (χ0) is 24.2. The van der Waals surface area contributed by atoms with Gasteiger partial charge in [-0.25, -0.2) is 14.8 Å². The summed E-state index contributed by atoms with van der Waals surface area (Å²) in [7, 11) is 0. The number of aryl methyl sites for hydroxylation is 1. The lowest BCUT2D eigenvalue weighted by Crippen LogP contribution is -2.55. The molecule has 0 saturated carbocycles. The number of halogens is 3. The fraction of sp³-hybridized carbons (Fsp3) is 0.619. The monoisotopic (exact) mass is 473 g/mol. The summed E-state index contributed by atoms with van der Waals surface area (Å²) in [4.78, 5) is 46.6. The van der Waals surface area contributed by atoms with Crippen molar-refractivity contribution in [2.24, 2.45) is 5.92 Å². The summed E-state index contributed by atoms with van der Waals surface area (Å²) in [5.41, 5.74) is 1.24. The van der Waals surface area contributed by atoms with Gasteiger partial charge in [-0.2, -0.15) is 13.2 Å². The van der Waals surface area contributed by atoms with E-state index in [0.717, 1.165) is 25.0 Å². The van der Waals surface area contributed by atoms with E-state index in [-0.39, 0.29) is 29.9 Å². The number of hydrogen-bond acceptors (Lipinski definition) is 6. The fourth-order valence-electron chi connectivity index (χ4n) is 4.14. The number of aromatic nitrogens is 1. The Labute approximate surface area is 188 Å². The summed E-state index contributed by atoms with van der Waals surface area (Å²) in [5, 5.41) is 8.61. The zero-order valence-corrected chi connectivity index (χ0v) is 18.1. The van der Waals surface area contributed by atoms with Gasteiger partial charge in [0, 0.05) is 25.4 Å². The quantitative estimate of drug-likeness (QED) is 0.701. The van der Waals surface area contributed by atoms with Crippen LogP contribution in [0.2, 0.25) is 0 Å². The van der Waals surface area contributed by atoms with Gasteiger partial charge in [0.1, 0.15) is 5.69 Å². The van der Waals surface area contributed by atoms with E-state index in [9.17, 15) is 22.8 Å². The summed E-state index contributed by atoms with van der Waals surface area (Å²) in [6, 6.07) is 5.47. The molecule has 9 nitrogen and oxygen atoms in total. The molecule has 0 radical (unpaired) electrons. The number of likely N-dealkylation sites (tertiary alicyclic amines) is 1. The normalized spacial score (nSPS) is 25.0. The molecule has 4 rings (SSSR count). The van der Waals surface area contributed by atoms with Gasteiger partial charge in [0.05, 0.1) is 24.7 Å². The number of fused-ring (bicyclic) bond motifs is 1. The van der Waals surface area contributed by atoms with Crippen LogP contribution in [0.1, 0.15) is 41.9 Å². The number of amides is 2. The molecular formula is C21H26F3N3O6. The topological polar surface area (TPSA) is 109 Å². The van der Waals surface area contributed by atoms with E-state index in [1.54, 1.807) is 11.0 Å². The van der Waals surface area contributed by atoms with Crippen molar-refractivity contribution in [3.63, 3.8) is 0 Å². The first kappa shape index (κ1) is 24.9. The molecule has 0 spiro atoms. The summed E-state index contributed by atoms with van der Waals surface area (Å²) < 4.78 is 37.6. The minimum Gasteiger partial charge on any atom is -0.475 e. The Bertz CT molecular complexity index is 875. The van der Waals surface area contributed by atoms with Gasteiger partial charge >= 0.3 is 12.1 Å². The predicted molar refractivity (Wildman–Crippen MR) is 107 cm³/mol. The average molecular weight is 473 g/mol. The van der Waals surface area contributed by atoms with Gasteiger partial charge in [0.15, 0.2) is 0 Å². The van der Waals surface area contributed by atoms with Gasteiger partial charge in [-0.3, -0.25) is 14.4 Å². The van der Waals surface area contributed by atoms with E-state index in [1.165, 1.54) is 5.06 Å². The third kappa shape index (κ3) is 6.20. The largest absolute Gasteiger partial charge is 0.490 e. The van der Waals surface area contributed by atoms with Crippen molar-refractivity contribution in [3.05, 3.63) is 29.6 Å². The maximum absolute atomic E-state index is 13.1. The number of rotatable bonds is 2. The summed E-state index contributed by atoms with van der Waals surface area (Å²) in [6.45, 7) is 4.10. The number of hydroxylamine groups is 2. The van der Waals surface area contributed by atoms with Crippen LogP contribution in [0.3, 0.4) is 0 Å². The molecule has 1 aromatic rings. The standard InChI is InChI=1S/C19H25N3O4.C2HF3O2/c1-13-5-4-6-15(20-13)19(24)21-12-14(11-17-16(21)7-10-25-17)18(23)22-8-2-3-9-26-22;3-2(4,5)1(6)7/h4-6,14,16-17H,2-3,7-12H2,1H3;(H,6,7)/t14-,16+,17+;/m0./s1. The van der Waals surface area contributed by atoms with Gasteiger partial charge in [0.25, 0.3) is 11.8 Å². The van der Waals surface area contributed by atoms with Crippen LogP contribution in [-0.4, -0.2) is 82.5 Å². The molecule has 182 valence electrons. The first-order valence-corrected chi connectivity index (χ1v) is 10.7. The molecule has 0 unspecified atom stereocenters. The van der Waals surface area contributed by atoms with E-state index in [4.69, 9.17) is 19.5 Å². The van der Waals surface area contributed by atoms with Gasteiger partial charge in [0.2, 0.25) is 0 Å². The van der Waals surface area contributed by atoms with Crippen LogP contribution in [0.15, 0.2) is 18.2 Å². The zero-order valence-electron chi connectivity index (χ0n) is 18.1. The Morgan fingerprint density at radius 1 is 1.18 bits per heavy atom. The molecule has 3 aliphatic heterocycles. The number of carbonyl (C=O) groups excluding carboxylic acids is 2. The second kappa shape index (κ2) is 10.5. The third-order valence-electron chi connectivity index (χ3n) is 5.72. The number of pyridine rings is 1. The number of hydrogen-bond donors (Lipinski definition) is 1. The van der Waals surface area contributed by atoms with Crippen molar-refractivity contribution < 1.29 is 42.2 Å². The first-order chi connectivity index (χ1) is 15.6. The molecule has 3 saturated heterocycles. The molecule has 2 amide bonds. The molecule has 3 fully saturated rings. The lowest BCUT2D eigenvalue weighted by molar-refractivity contribution is -0.203. The Morgan fingerprint density at radius 2 is 1.91 bits per heavy atom. The summed E-state index contributed by atoms with van der Waals surface area (Å²) in [6.07, 6.45) is -1.78. The smallest absolute Gasteiger partial charge is 0.475 e. The highest BCUT2D eigenvalue weighted by molar-refractivity contribution is 5.93. The average Bonchev–Trinajstić information content (AvgIpc) is 3.26. The van der Waals surface area contributed by atoms with Crippen molar-refractivity contribution in [1.82, 2.24) is 14.9 Å². The molecule has 3 aliphatic rings. The Hall–Kier alpha value is -2.73. The van der Waals surface area contributed by atoms with Gasteiger partial charge in [-0.15, -0.1) is 0 Å². The van der Waals surface area contributed by atoms with Crippen LogP contribution in [0.4, 0.5) is 13.2 Å². The number of carbonyl (C=O) groups is 3. The number of piperidine rings is 1. The highest BCUT2D eigenvalue weighted by Crippen LogP contribution is 2.33. The van der Waals surface area contributed by atoms with Gasteiger partial charge in [-0.05, 0) is 44.7 Å². The van der Waals surface area contributed by atoms with E-state index >= 15 is 0 Å². The number of nitrogens with zero attached hydrogens (tertiary/aromatic N) is 3.